The predicted octanol–water partition coefficient (Wildman–Crippen LogP) is 4.21. The molecule has 1 aliphatic heterocycles. The van der Waals surface area contributed by atoms with Crippen LogP contribution in [0, 0.1) is 26.6 Å². The third kappa shape index (κ3) is 4.57. The van der Waals surface area contributed by atoms with Crippen LogP contribution < -0.4 is 5.32 Å². The fourth-order valence-electron chi connectivity index (χ4n) is 3.91. The Balaban J connectivity index is 1.66. The van der Waals surface area contributed by atoms with E-state index in [1.165, 1.54) is 16.4 Å². The number of anilines is 2. The maximum atomic E-state index is 13.3. The van der Waals surface area contributed by atoms with Crippen LogP contribution >= 0.6 is 0 Å². The molecule has 31 heavy (non-hydrogen) atoms. The van der Waals surface area contributed by atoms with Crippen LogP contribution in [0.1, 0.15) is 41.7 Å². The minimum atomic E-state index is -3.77. The first-order valence-corrected chi connectivity index (χ1v) is 11.5. The Morgan fingerprint density at radius 2 is 1.61 bits per heavy atom. The lowest BCUT2D eigenvalue weighted by atomic mass is 10.1. The number of hydrogen-bond donors (Lipinski definition) is 1. The van der Waals surface area contributed by atoms with Crippen molar-refractivity contribution in [3.63, 3.8) is 0 Å². The molecule has 3 aromatic rings. The van der Waals surface area contributed by atoms with E-state index in [2.05, 4.69) is 20.3 Å². The number of pyridine rings is 1. The quantitative estimate of drug-likeness (QED) is 0.638. The number of benzene rings is 1. The minimum Gasteiger partial charge on any atom is -0.324 e. The summed E-state index contributed by atoms with van der Waals surface area (Å²) in [6.07, 6.45) is 1.39. The Bertz CT molecular complexity index is 1190. The molecule has 1 N–H and O–H groups in total. The van der Waals surface area contributed by atoms with Crippen LogP contribution in [0.4, 0.5) is 16.0 Å². The van der Waals surface area contributed by atoms with Gasteiger partial charge in [-0.3, -0.25) is 4.98 Å². The van der Waals surface area contributed by atoms with Crippen LogP contribution in [0.3, 0.4) is 0 Å². The van der Waals surface area contributed by atoms with Gasteiger partial charge >= 0.3 is 0 Å². The van der Waals surface area contributed by atoms with Crippen LogP contribution in [-0.2, 0) is 10.0 Å². The van der Waals surface area contributed by atoms with Crippen LogP contribution in [0.5, 0.6) is 0 Å². The first-order valence-electron chi connectivity index (χ1n) is 10.1. The summed E-state index contributed by atoms with van der Waals surface area (Å²) in [6.45, 7) is 6.06. The molecule has 0 aliphatic carbocycles. The van der Waals surface area contributed by atoms with Gasteiger partial charge in [0, 0.05) is 29.3 Å². The Morgan fingerprint density at radius 3 is 2.29 bits per heavy atom. The van der Waals surface area contributed by atoms with Crippen LogP contribution in [-0.4, -0.2) is 34.2 Å². The van der Waals surface area contributed by atoms with Crippen molar-refractivity contribution in [3.05, 3.63) is 71.1 Å². The first-order chi connectivity index (χ1) is 14.7. The summed E-state index contributed by atoms with van der Waals surface area (Å²) in [4.78, 5) is 13.5. The van der Waals surface area contributed by atoms with Gasteiger partial charge in [0.1, 0.15) is 5.82 Å². The number of nitrogens with one attached hydrogen (secondary N) is 1. The second-order valence-corrected chi connectivity index (χ2v) is 9.64. The van der Waals surface area contributed by atoms with E-state index in [4.69, 9.17) is 0 Å². The average molecular weight is 442 g/mol. The van der Waals surface area contributed by atoms with Crippen molar-refractivity contribution in [2.45, 2.75) is 44.6 Å². The monoisotopic (exact) mass is 441 g/mol. The van der Waals surface area contributed by atoms with E-state index < -0.39 is 21.9 Å². The van der Waals surface area contributed by atoms with Gasteiger partial charge in [-0.1, -0.05) is 0 Å². The molecule has 1 fully saturated rings. The molecule has 7 nitrogen and oxygen atoms in total. The molecule has 0 amide bonds. The molecule has 2 aromatic heterocycles. The number of sulfonamides is 1. The maximum Gasteiger partial charge on any atom is 0.243 e. The van der Waals surface area contributed by atoms with Crippen molar-refractivity contribution in [1.29, 1.82) is 0 Å². The second-order valence-electron chi connectivity index (χ2n) is 7.75. The van der Waals surface area contributed by atoms with Crippen molar-refractivity contribution in [3.8, 4) is 0 Å². The van der Waals surface area contributed by atoms with E-state index in [1.54, 1.807) is 0 Å². The molecule has 1 atom stereocenters. The molecular weight excluding hydrogens is 417 g/mol. The highest BCUT2D eigenvalue weighted by Gasteiger charge is 2.37. The smallest absolute Gasteiger partial charge is 0.243 e. The van der Waals surface area contributed by atoms with Crippen LogP contribution in [0.15, 0.2) is 47.4 Å². The van der Waals surface area contributed by atoms with Crippen LogP contribution in [0.25, 0.3) is 0 Å². The third-order valence-electron chi connectivity index (χ3n) is 5.18. The van der Waals surface area contributed by atoms with Gasteiger partial charge in [-0.05, 0) is 76.1 Å². The molecule has 1 aliphatic rings. The summed E-state index contributed by atoms with van der Waals surface area (Å²) < 4.78 is 41.1. The summed E-state index contributed by atoms with van der Waals surface area (Å²) in [5.41, 5.74) is 3.88. The van der Waals surface area contributed by atoms with E-state index in [-0.39, 0.29) is 4.90 Å². The lowest BCUT2D eigenvalue weighted by Crippen LogP contribution is -2.31. The average Bonchev–Trinajstić information content (AvgIpc) is 3.18. The zero-order valence-corrected chi connectivity index (χ0v) is 18.4. The largest absolute Gasteiger partial charge is 0.324 e. The predicted molar refractivity (Wildman–Crippen MR) is 116 cm³/mol. The van der Waals surface area contributed by atoms with Gasteiger partial charge in [0.25, 0.3) is 0 Å². The first kappa shape index (κ1) is 21.3. The lowest BCUT2D eigenvalue weighted by molar-refractivity contribution is 0.390. The van der Waals surface area contributed by atoms with Gasteiger partial charge < -0.3 is 5.32 Å². The molecule has 0 saturated carbocycles. The summed E-state index contributed by atoms with van der Waals surface area (Å²) >= 11 is 0. The van der Waals surface area contributed by atoms with Gasteiger partial charge in [-0.25, -0.2) is 22.8 Å². The molecule has 162 valence electrons. The highest BCUT2D eigenvalue weighted by Crippen LogP contribution is 2.37. The standard InChI is InChI=1S/C22H24FN5O2S/c1-14-11-15(2)26-22(25-14)27-18-12-16(3)24-20(13-18)21-5-4-10-28(21)31(29,30)19-8-6-17(23)7-9-19/h6-9,11-13,21H,4-5,10H2,1-3H3,(H,24,25,26,27)/t21-/m0/s1. The Kier molecular flexibility index (Phi) is 5.72. The zero-order valence-electron chi connectivity index (χ0n) is 17.6. The molecule has 0 spiro atoms. The molecule has 3 heterocycles. The molecule has 1 aromatic carbocycles. The van der Waals surface area contributed by atoms with Crippen molar-refractivity contribution in [1.82, 2.24) is 19.3 Å². The lowest BCUT2D eigenvalue weighted by Gasteiger charge is -2.24. The van der Waals surface area contributed by atoms with Crippen molar-refractivity contribution < 1.29 is 12.8 Å². The van der Waals surface area contributed by atoms with E-state index in [0.717, 1.165) is 41.3 Å². The summed E-state index contributed by atoms with van der Waals surface area (Å²) in [5, 5.41) is 3.21. The number of halogens is 1. The molecule has 9 heteroatoms. The second kappa shape index (κ2) is 8.32. The minimum absolute atomic E-state index is 0.0791. The normalized spacial score (nSPS) is 17.1. The molecular formula is C22H24FN5O2S. The highest BCUT2D eigenvalue weighted by atomic mass is 32.2. The topological polar surface area (TPSA) is 88.1 Å². The molecule has 0 bridgehead atoms. The van der Waals surface area contributed by atoms with Crippen molar-refractivity contribution in [2.24, 2.45) is 0 Å². The molecule has 0 unspecified atom stereocenters. The van der Waals surface area contributed by atoms with E-state index >= 15 is 0 Å². The number of nitrogens with zero attached hydrogens (tertiary/aromatic N) is 4. The molecule has 4 rings (SSSR count). The fourth-order valence-corrected chi connectivity index (χ4v) is 5.58. The maximum absolute atomic E-state index is 13.3. The van der Waals surface area contributed by atoms with E-state index in [1.807, 2.05) is 39.0 Å². The number of rotatable bonds is 5. The van der Waals surface area contributed by atoms with Gasteiger partial charge in [0.2, 0.25) is 16.0 Å². The fraction of sp³-hybridized carbons (Fsp3) is 0.318. The van der Waals surface area contributed by atoms with Gasteiger partial charge in [0.15, 0.2) is 0 Å². The van der Waals surface area contributed by atoms with Crippen molar-refractivity contribution in [2.75, 3.05) is 11.9 Å². The molecule has 1 saturated heterocycles. The zero-order chi connectivity index (χ0) is 22.2. The molecule has 0 radical (unpaired) electrons. The van der Waals surface area contributed by atoms with E-state index in [9.17, 15) is 12.8 Å². The van der Waals surface area contributed by atoms with E-state index in [0.29, 0.717) is 24.6 Å². The van der Waals surface area contributed by atoms with Gasteiger partial charge in [0.05, 0.1) is 16.6 Å². The SMILES string of the molecule is Cc1cc(Nc2nc(C)cc(C)n2)cc([C@@H]2CCCN2S(=O)(=O)c2ccc(F)cc2)n1. The number of aromatic nitrogens is 3. The Labute approximate surface area is 181 Å². The summed E-state index contributed by atoms with van der Waals surface area (Å²) in [7, 11) is -3.77. The summed E-state index contributed by atoms with van der Waals surface area (Å²) in [5.74, 6) is 0.0119. The Morgan fingerprint density at radius 1 is 0.968 bits per heavy atom. The number of hydrogen-bond acceptors (Lipinski definition) is 6. The summed E-state index contributed by atoms with van der Waals surface area (Å²) in [6, 6.07) is 10.1. The third-order valence-corrected chi connectivity index (χ3v) is 7.10. The van der Waals surface area contributed by atoms with Gasteiger partial charge in [-0.2, -0.15) is 4.31 Å². The Hall–Kier alpha value is -2.91. The van der Waals surface area contributed by atoms with Crippen molar-refractivity contribution >= 4 is 21.7 Å². The number of aryl methyl sites for hydroxylation is 3. The highest BCUT2D eigenvalue weighted by molar-refractivity contribution is 7.89. The van der Waals surface area contributed by atoms with Crippen LogP contribution in [0.2, 0.25) is 0 Å². The van der Waals surface area contributed by atoms with Gasteiger partial charge in [-0.15, -0.1) is 0 Å².